The quantitative estimate of drug-likeness (QED) is 0.616. The third kappa shape index (κ3) is 3.20. The third-order valence-corrected chi connectivity index (χ3v) is 1.79. The molecule has 0 rings (SSSR count). The van der Waals surface area contributed by atoms with Crippen molar-refractivity contribution >= 4 is 5.78 Å². The average molecular weight is 154 g/mol. The number of carbonyl (C=O) groups is 1. The van der Waals surface area contributed by atoms with Crippen molar-refractivity contribution in [2.45, 2.75) is 38.7 Å². The number of terminal acetylenes is 1. The van der Waals surface area contributed by atoms with Gasteiger partial charge in [0.15, 0.2) is 5.78 Å². The molecule has 1 unspecified atom stereocenters. The van der Waals surface area contributed by atoms with E-state index < -0.39 is 5.60 Å². The summed E-state index contributed by atoms with van der Waals surface area (Å²) in [5.74, 6) is 2.19. The molecule has 0 aromatic heterocycles. The summed E-state index contributed by atoms with van der Waals surface area (Å²) < 4.78 is 0. The van der Waals surface area contributed by atoms with Crippen LogP contribution in [0.1, 0.15) is 33.1 Å². The van der Waals surface area contributed by atoms with Gasteiger partial charge in [-0.25, -0.2) is 0 Å². The molecule has 0 aliphatic heterocycles. The Bertz CT molecular complexity index is 174. The van der Waals surface area contributed by atoms with Crippen LogP contribution in [0.5, 0.6) is 0 Å². The van der Waals surface area contributed by atoms with Crippen molar-refractivity contribution in [3.8, 4) is 12.3 Å². The van der Waals surface area contributed by atoms with Crippen LogP contribution in [0, 0.1) is 12.3 Å². The van der Waals surface area contributed by atoms with E-state index in [0.717, 1.165) is 0 Å². The van der Waals surface area contributed by atoms with Crippen LogP contribution in [0.3, 0.4) is 0 Å². The summed E-state index contributed by atoms with van der Waals surface area (Å²) >= 11 is 0. The zero-order chi connectivity index (χ0) is 8.91. The third-order valence-electron chi connectivity index (χ3n) is 1.79. The van der Waals surface area contributed by atoms with E-state index in [9.17, 15) is 9.90 Å². The van der Waals surface area contributed by atoms with E-state index in [0.29, 0.717) is 12.8 Å². The summed E-state index contributed by atoms with van der Waals surface area (Å²) in [6.45, 7) is 3.29. The molecule has 0 saturated carbocycles. The highest BCUT2D eigenvalue weighted by molar-refractivity contribution is 5.86. The molecule has 0 aromatic rings. The molecular formula is C9H14O2. The molecule has 0 heterocycles. The van der Waals surface area contributed by atoms with E-state index in [-0.39, 0.29) is 12.2 Å². The lowest BCUT2D eigenvalue weighted by Crippen LogP contribution is -2.33. The molecular weight excluding hydrogens is 140 g/mol. The molecule has 2 heteroatoms. The van der Waals surface area contributed by atoms with Crippen molar-refractivity contribution in [1.82, 2.24) is 0 Å². The van der Waals surface area contributed by atoms with Crippen LogP contribution in [0.25, 0.3) is 0 Å². The second-order valence-electron chi connectivity index (χ2n) is 2.75. The summed E-state index contributed by atoms with van der Waals surface area (Å²) in [5, 5.41) is 9.40. The molecule has 0 saturated heterocycles. The van der Waals surface area contributed by atoms with Crippen molar-refractivity contribution in [3.05, 3.63) is 0 Å². The SMILES string of the molecule is C#CCCC(=O)C(C)(O)CC. The van der Waals surface area contributed by atoms with Crippen LogP contribution in [0.15, 0.2) is 0 Å². The van der Waals surface area contributed by atoms with Crippen LogP contribution in [-0.4, -0.2) is 16.5 Å². The summed E-state index contributed by atoms with van der Waals surface area (Å²) in [4.78, 5) is 11.1. The maximum Gasteiger partial charge on any atom is 0.164 e. The molecule has 0 aromatic carbocycles. The van der Waals surface area contributed by atoms with E-state index in [1.54, 1.807) is 6.92 Å². The lowest BCUT2D eigenvalue weighted by Gasteiger charge is -2.18. The van der Waals surface area contributed by atoms with Crippen LogP contribution in [-0.2, 0) is 4.79 Å². The Balaban J connectivity index is 3.94. The normalized spacial score (nSPS) is 15.1. The number of rotatable bonds is 4. The fourth-order valence-electron chi connectivity index (χ4n) is 0.652. The minimum absolute atomic E-state index is 0.169. The standard InChI is InChI=1S/C9H14O2/c1-4-6-7-8(10)9(3,11)5-2/h1,11H,5-7H2,2-3H3. The monoisotopic (exact) mass is 154 g/mol. The smallest absolute Gasteiger partial charge is 0.164 e. The lowest BCUT2D eigenvalue weighted by atomic mass is 9.95. The molecule has 0 aliphatic carbocycles. The van der Waals surface area contributed by atoms with E-state index >= 15 is 0 Å². The van der Waals surface area contributed by atoms with Crippen molar-refractivity contribution in [1.29, 1.82) is 0 Å². The predicted octanol–water partition coefficient (Wildman–Crippen LogP) is 1.13. The fraction of sp³-hybridized carbons (Fsp3) is 0.667. The van der Waals surface area contributed by atoms with Gasteiger partial charge in [-0.15, -0.1) is 12.3 Å². The number of hydrogen-bond acceptors (Lipinski definition) is 2. The number of Topliss-reactive ketones (excluding diaryl/α,β-unsaturated/α-hetero) is 1. The van der Waals surface area contributed by atoms with Crippen molar-refractivity contribution in [3.63, 3.8) is 0 Å². The van der Waals surface area contributed by atoms with E-state index in [1.807, 2.05) is 0 Å². The van der Waals surface area contributed by atoms with Crippen LogP contribution in [0.2, 0.25) is 0 Å². The predicted molar refractivity (Wildman–Crippen MR) is 44.0 cm³/mol. The summed E-state index contributed by atoms with van der Waals surface area (Å²) in [5.41, 5.74) is -1.18. The topological polar surface area (TPSA) is 37.3 Å². The van der Waals surface area contributed by atoms with Crippen molar-refractivity contribution in [2.24, 2.45) is 0 Å². The Morgan fingerprint density at radius 2 is 2.27 bits per heavy atom. The van der Waals surface area contributed by atoms with Gasteiger partial charge in [0.05, 0.1) is 0 Å². The molecule has 0 bridgehead atoms. The van der Waals surface area contributed by atoms with E-state index in [2.05, 4.69) is 5.92 Å². The average Bonchev–Trinajstić information content (AvgIpc) is 2.00. The van der Waals surface area contributed by atoms with Gasteiger partial charge in [0.1, 0.15) is 5.60 Å². The molecule has 0 radical (unpaired) electrons. The zero-order valence-electron chi connectivity index (χ0n) is 7.05. The van der Waals surface area contributed by atoms with Gasteiger partial charge in [-0.2, -0.15) is 0 Å². The molecule has 0 spiro atoms. The second-order valence-corrected chi connectivity index (χ2v) is 2.75. The molecule has 0 fully saturated rings. The number of carbonyl (C=O) groups excluding carboxylic acids is 1. The highest BCUT2D eigenvalue weighted by Gasteiger charge is 2.26. The van der Waals surface area contributed by atoms with Gasteiger partial charge >= 0.3 is 0 Å². The maximum absolute atomic E-state index is 11.1. The lowest BCUT2D eigenvalue weighted by molar-refractivity contribution is -0.135. The van der Waals surface area contributed by atoms with Gasteiger partial charge in [-0.1, -0.05) is 6.92 Å². The van der Waals surface area contributed by atoms with Crippen molar-refractivity contribution < 1.29 is 9.90 Å². The van der Waals surface area contributed by atoms with Gasteiger partial charge < -0.3 is 5.11 Å². The first-order valence-electron chi connectivity index (χ1n) is 3.73. The zero-order valence-corrected chi connectivity index (χ0v) is 7.05. The number of ketones is 1. The Kier molecular flexibility index (Phi) is 3.84. The van der Waals surface area contributed by atoms with Gasteiger partial charge in [0.2, 0.25) is 0 Å². The summed E-state index contributed by atoms with van der Waals surface area (Å²) in [6, 6.07) is 0. The minimum atomic E-state index is -1.18. The Morgan fingerprint density at radius 3 is 2.64 bits per heavy atom. The minimum Gasteiger partial charge on any atom is -0.382 e. The Labute approximate surface area is 67.6 Å². The first-order valence-corrected chi connectivity index (χ1v) is 3.73. The molecule has 62 valence electrons. The number of hydrogen-bond donors (Lipinski definition) is 1. The van der Waals surface area contributed by atoms with Gasteiger partial charge in [0, 0.05) is 12.8 Å². The van der Waals surface area contributed by atoms with Gasteiger partial charge in [-0.05, 0) is 13.3 Å². The summed E-state index contributed by atoms with van der Waals surface area (Å²) in [7, 11) is 0. The second kappa shape index (κ2) is 4.15. The Morgan fingerprint density at radius 1 is 1.73 bits per heavy atom. The molecule has 2 nitrogen and oxygen atoms in total. The highest BCUT2D eigenvalue weighted by atomic mass is 16.3. The fourth-order valence-corrected chi connectivity index (χ4v) is 0.652. The largest absolute Gasteiger partial charge is 0.382 e. The molecule has 11 heavy (non-hydrogen) atoms. The first kappa shape index (κ1) is 10.2. The Hall–Kier alpha value is -0.810. The highest BCUT2D eigenvalue weighted by Crippen LogP contribution is 2.12. The van der Waals surface area contributed by atoms with Crippen LogP contribution < -0.4 is 0 Å². The summed E-state index contributed by atoms with van der Waals surface area (Å²) in [6.07, 6.45) is 6.11. The van der Waals surface area contributed by atoms with E-state index in [1.165, 1.54) is 6.92 Å². The maximum atomic E-state index is 11.1. The van der Waals surface area contributed by atoms with Gasteiger partial charge in [0.25, 0.3) is 0 Å². The molecule has 0 aliphatic rings. The first-order chi connectivity index (χ1) is 5.04. The molecule has 1 atom stereocenters. The van der Waals surface area contributed by atoms with Gasteiger partial charge in [-0.3, -0.25) is 4.79 Å². The van der Waals surface area contributed by atoms with E-state index in [4.69, 9.17) is 6.42 Å². The van der Waals surface area contributed by atoms with Crippen molar-refractivity contribution in [2.75, 3.05) is 0 Å². The van der Waals surface area contributed by atoms with Crippen LogP contribution in [0.4, 0.5) is 0 Å². The van der Waals surface area contributed by atoms with Crippen LogP contribution >= 0.6 is 0 Å². The molecule has 1 N–H and O–H groups in total. The number of aliphatic hydroxyl groups is 1. The molecule has 0 amide bonds.